The molecule has 0 radical (unpaired) electrons. The Labute approximate surface area is 130 Å². The summed E-state index contributed by atoms with van der Waals surface area (Å²) in [5.74, 6) is 1.47. The first-order valence-corrected chi connectivity index (χ1v) is 7.95. The number of piperidine rings is 1. The van der Waals surface area contributed by atoms with Gasteiger partial charge >= 0.3 is 0 Å². The van der Waals surface area contributed by atoms with Crippen LogP contribution in [-0.4, -0.2) is 28.6 Å². The summed E-state index contributed by atoms with van der Waals surface area (Å²) >= 11 is 0. The summed E-state index contributed by atoms with van der Waals surface area (Å²) in [6.07, 6.45) is 1.87. The van der Waals surface area contributed by atoms with E-state index in [0.29, 0.717) is 11.8 Å². The van der Waals surface area contributed by atoms with Crippen molar-refractivity contribution in [2.24, 2.45) is 17.8 Å². The highest BCUT2D eigenvalue weighted by Crippen LogP contribution is 2.49. The lowest BCUT2D eigenvalue weighted by molar-refractivity contribution is -0.124. The van der Waals surface area contributed by atoms with Crippen LogP contribution in [0.1, 0.15) is 25.1 Å². The van der Waals surface area contributed by atoms with Gasteiger partial charge in [-0.25, -0.2) is 4.52 Å². The molecule has 2 N–H and O–H groups in total. The van der Waals surface area contributed by atoms with Gasteiger partial charge in [-0.2, -0.15) is 5.10 Å². The van der Waals surface area contributed by atoms with Gasteiger partial charge in [0.2, 0.25) is 5.91 Å². The van der Waals surface area contributed by atoms with E-state index in [1.807, 2.05) is 29.8 Å². The zero-order chi connectivity index (χ0) is 15.5. The zero-order valence-corrected chi connectivity index (χ0v) is 13.3. The van der Waals surface area contributed by atoms with Crippen molar-refractivity contribution in [2.75, 3.05) is 13.1 Å². The molecule has 22 heavy (non-hydrogen) atoms. The van der Waals surface area contributed by atoms with Crippen molar-refractivity contribution in [1.82, 2.24) is 20.2 Å². The molecule has 2 aromatic rings. The summed E-state index contributed by atoms with van der Waals surface area (Å²) in [7, 11) is 0. The molecule has 1 unspecified atom stereocenters. The first kappa shape index (κ1) is 13.8. The minimum atomic E-state index is -0.420. The second-order valence-corrected chi connectivity index (χ2v) is 7.15. The van der Waals surface area contributed by atoms with Crippen molar-refractivity contribution < 1.29 is 4.79 Å². The summed E-state index contributed by atoms with van der Waals surface area (Å²) in [5.41, 5.74) is 2.79. The molecule has 4 rings (SSSR count). The minimum Gasteiger partial charge on any atom is -0.347 e. The molecule has 5 heteroatoms. The number of rotatable bonds is 3. The fraction of sp³-hybridized carbons (Fsp3) is 0.529. The lowest BCUT2D eigenvalue weighted by Crippen LogP contribution is -2.43. The number of nitrogens with zero attached hydrogens (tertiary/aromatic N) is 2. The summed E-state index contributed by atoms with van der Waals surface area (Å²) in [6, 6.07) is 6.12. The van der Waals surface area contributed by atoms with E-state index in [9.17, 15) is 4.79 Å². The van der Waals surface area contributed by atoms with E-state index < -0.39 is 5.54 Å². The van der Waals surface area contributed by atoms with Crippen LogP contribution in [0.4, 0.5) is 0 Å². The lowest BCUT2D eigenvalue weighted by Gasteiger charge is -2.26. The standard InChI is InChI=1S/C17H22N4O/c1-10-5-4-6-14-13(9-19-21(10)14)17(2,3)20-16(22)15-11-7-18-8-12(11)15/h4-6,9,11-12,15,18H,7-8H2,1-3H3,(H,20,22)/t11-,12+,15?. The van der Waals surface area contributed by atoms with Gasteiger partial charge in [0.15, 0.2) is 0 Å². The van der Waals surface area contributed by atoms with Crippen LogP contribution in [-0.2, 0) is 10.3 Å². The quantitative estimate of drug-likeness (QED) is 0.902. The molecule has 2 aromatic heterocycles. The Hall–Kier alpha value is -1.88. The second kappa shape index (κ2) is 4.56. The number of nitrogens with one attached hydrogen (secondary N) is 2. The summed E-state index contributed by atoms with van der Waals surface area (Å²) in [6.45, 7) is 8.12. The Morgan fingerprint density at radius 2 is 2.09 bits per heavy atom. The molecule has 1 saturated carbocycles. The van der Waals surface area contributed by atoms with E-state index in [2.05, 4.69) is 35.6 Å². The van der Waals surface area contributed by atoms with Gasteiger partial charge in [0.1, 0.15) is 0 Å². The predicted octanol–water partition coefficient (Wildman–Crippen LogP) is 1.46. The third-order valence-corrected chi connectivity index (χ3v) is 5.24. The Kier molecular flexibility index (Phi) is 2.85. The molecule has 1 aliphatic carbocycles. The summed E-state index contributed by atoms with van der Waals surface area (Å²) < 4.78 is 1.93. The topological polar surface area (TPSA) is 58.4 Å². The van der Waals surface area contributed by atoms with Crippen molar-refractivity contribution in [1.29, 1.82) is 0 Å². The molecule has 2 aliphatic rings. The maximum Gasteiger partial charge on any atom is 0.224 e. The van der Waals surface area contributed by atoms with Crippen LogP contribution >= 0.6 is 0 Å². The first-order chi connectivity index (χ1) is 10.5. The average Bonchev–Trinajstić information content (AvgIpc) is 2.85. The Bertz CT molecular complexity index is 738. The van der Waals surface area contributed by atoms with E-state index in [0.717, 1.165) is 29.9 Å². The predicted molar refractivity (Wildman–Crippen MR) is 84.4 cm³/mol. The number of hydrogen-bond donors (Lipinski definition) is 2. The largest absolute Gasteiger partial charge is 0.347 e. The highest BCUT2D eigenvalue weighted by molar-refractivity contribution is 5.83. The number of amides is 1. The van der Waals surface area contributed by atoms with E-state index in [-0.39, 0.29) is 11.8 Å². The molecule has 1 amide bonds. The van der Waals surface area contributed by atoms with Gasteiger partial charge in [0.25, 0.3) is 0 Å². The number of hydrogen-bond acceptors (Lipinski definition) is 3. The van der Waals surface area contributed by atoms with Crippen LogP contribution in [0, 0.1) is 24.7 Å². The lowest BCUT2D eigenvalue weighted by atomic mass is 9.95. The van der Waals surface area contributed by atoms with Gasteiger partial charge < -0.3 is 10.6 Å². The van der Waals surface area contributed by atoms with Crippen LogP contribution in [0.15, 0.2) is 24.4 Å². The van der Waals surface area contributed by atoms with Gasteiger partial charge in [-0.3, -0.25) is 4.79 Å². The highest BCUT2D eigenvalue weighted by atomic mass is 16.2. The number of pyridine rings is 1. The monoisotopic (exact) mass is 298 g/mol. The van der Waals surface area contributed by atoms with Crippen molar-refractivity contribution >= 4 is 11.4 Å². The maximum atomic E-state index is 12.6. The molecule has 3 atom stereocenters. The Morgan fingerprint density at radius 1 is 1.36 bits per heavy atom. The number of carbonyl (C=O) groups excluding carboxylic acids is 1. The minimum absolute atomic E-state index is 0.188. The van der Waals surface area contributed by atoms with E-state index >= 15 is 0 Å². The third kappa shape index (κ3) is 1.96. The van der Waals surface area contributed by atoms with Crippen LogP contribution < -0.4 is 10.6 Å². The summed E-state index contributed by atoms with van der Waals surface area (Å²) in [4.78, 5) is 12.6. The normalized spacial score (nSPS) is 27.0. The van der Waals surface area contributed by atoms with Crippen molar-refractivity contribution in [3.8, 4) is 0 Å². The van der Waals surface area contributed by atoms with Crippen LogP contribution in [0.2, 0.25) is 0 Å². The zero-order valence-electron chi connectivity index (χ0n) is 13.3. The molecule has 0 spiro atoms. The Balaban J connectivity index is 1.59. The van der Waals surface area contributed by atoms with Gasteiger partial charge in [0.05, 0.1) is 17.3 Å². The van der Waals surface area contributed by atoms with Crippen LogP contribution in [0.3, 0.4) is 0 Å². The van der Waals surface area contributed by atoms with Crippen molar-refractivity contribution in [3.63, 3.8) is 0 Å². The van der Waals surface area contributed by atoms with Crippen LogP contribution in [0.5, 0.6) is 0 Å². The Morgan fingerprint density at radius 3 is 2.82 bits per heavy atom. The fourth-order valence-electron chi connectivity index (χ4n) is 3.90. The van der Waals surface area contributed by atoms with E-state index in [1.54, 1.807) is 0 Å². The number of fused-ring (bicyclic) bond motifs is 2. The molecule has 0 aromatic carbocycles. The van der Waals surface area contributed by atoms with Gasteiger partial charge in [-0.1, -0.05) is 6.07 Å². The molecule has 1 aliphatic heterocycles. The molecular weight excluding hydrogens is 276 g/mol. The van der Waals surface area contributed by atoms with Gasteiger partial charge in [0, 0.05) is 17.2 Å². The smallest absolute Gasteiger partial charge is 0.224 e. The molecular formula is C17H22N4O. The molecule has 3 heterocycles. The summed E-state index contributed by atoms with van der Waals surface area (Å²) in [5, 5.41) is 11.0. The SMILES string of the molecule is Cc1cccc2c(C(C)(C)NC(=O)C3[C@H]4CNC[C@@H]34)cnn12. The molecule has 0 bridgehead atoms. The average molecular weight is 298 g/mol. The van der Waals surface area contributed by atoms with Gasteiger partial charge in [-0.05, 0) is 57.8 Å². The molecule has 1 saturated heterocycles. The number of aromatic nitrogens is 2. The van der Waals surface area contributed by atoms with Crippen molar-refractivity contribution in [3.05, 3.63) is 35.7 Å². The van der Waals surface area contributed by atoms with Gasteiger partial charge in [-0.15, -0.1) is 0 Å². The number of aryl methyl sites for hydroxylation is 1. The fourth-order valence-corrected chi connectivity index (χ4v) is 3.90. The van der Waals surface area contributed by atoms with E-state index in [4.69, 9.17) is 0 Å². The van der Waals surface area contributed by atoms with Crippen LogP contribution in [0.25, 0.3) is 5.52 Å². The molecule has 116 valence electrons. The second-order valence-electron chi connectivity index (χ2n) is 7.15. The number of carbonyl (C=O) groups is 1. The highest BCUT2D eigenvalue weighted by Gasteiger charge is 2.57. The van der Waals surface area contributed by atoms with Crippen molar-refractivity contribution in [2.45, 2.75) is 26.3 Å². The molecule has 2 fully saturated rings. The molecule has 5 nitrogen and oxygen atoms in total. The maximum absolute atomic E-state index is 12.6. The third-order valence-electron chi connectivity index (χ3n) is 5.24. The first-order valence-electron chi connectivity index (χ1n) is 7.95. The van der Waals surface area contributed by atoms with E-state index in [1.165, 1.54) is 0 Å².